The quantitative estimate of drug-likeness (QED) is 0.893. The van der Waals surface area contributed by atoms with Gasteiger partial charge in [0.2, 0.25) is 0 Å². The van der Waals surface area contributed by atoms with E-state index in [-0.39, 0.29) is 6.10 Å². The molecular formula is C15H21NO4. The fraction of sp³-hybridized carbons (Fsp3) is 0.533. The molecule has 1 heterocycles. The molecule has 0 radical (unpaired) electrons. The van der Waals surface area contributed by atoms with Crippen molar-refractivity contribution in [3.63, 3.8) is 0 Å². The van der Waals surface area contributed by atoms with E-state index < -0.39 is 5.97 Å². The Morgan fingerprint density at radius 3 is 3.00 bits per heavy atom. The second-order valence-corrected chi connectivity index (χ2v) is 4.97. The average molecular weight is 279 g/mol. The molecule has 0 saturated carbocycles. The summed E-state index contributed by atoms with van der Waals surface area (Å²) in [5.41, 5.74) is 1.20. The van der Waals surface area contributed by atoms with Crippen LogP contribution in [0.3, 0.4) is 0 Å². The first-order chi connectivity index (χ1) is 9.63. The number of aromatic carboxylic acids is 1. The second kappa shape index (κ2) is 6.72. The number of rotatable bonds is 5. The van der Waals surface area contributed by atoms with Gasteiger partial charge in [-0.15, -0.1) is 0 Å². The molecule has 1 saturated heterocycles. The molecular weight excluding hydrogens is 258 g/mol. The van der Waals surface area contributed by atoms with Crippen LogP contribution in [0.2, 0.25) is 0 Å². The molecule has 0 spiro atoms. The highest BCUT2D eigenvalue weighted by Gasteiger charge is 2.20. The molecule has 1 unspecified atom stereocenters. The van der Waals surface area contributed by atoms with Crippen molar-refractivity contribution in [3.05, 3.63) is 29.3 Å². The minimum Gasteiger partial charge on any atom is -0.496 e. The van der Waals surface area contributed by atoms with Gasteiger partial charge in [-0.1, -0.05) is 6.92 Å². The Morgan fingerprint density at radius 2 is 2.35 bits per heavy atom. The lowest BCUT2D eigenvalue weighted by Gasteiger charge is -2.32. The monoisotopic (exact) mass is 279 g/mol. The topological polar surface area (TPSA) is 59.0 Å². The SMILES string of the molecule is CCC1CN(Cc2cc(C(=O)O)ccc2OC)CCO1. The van der Waals surface area contributed by atoms with Crippen molar-refractivity contribution < 1.29 is 19.4 Å². The molecule has 1 atom stereocenters. The fourth-order valence-electron chi connectivity index (χ4n) is 2.45. The van der Waals surface area contributed by atoms with Crippen LogP contribution in [0, 0.1) is 0 Å². The Bertz CT molecular complexity index is 475. The number of benzene rings is 1. The van der Waals surface area contributed by atoms with Gasteiger partial charge in [-0.25, -0.2) is 4.79 Å². The number of hydrogen-bond donors (Lipinski definition) is 1. The standard InChI is InChI=1S/C15H21NO4/c1-3-13-10-16(6-7-20-13)9-12-8-11(15(17)18)4-5-14(12)19-2/h4-5,8,13H,3,6-7,9-10H2,1-2H3,(H,17,18). The van der Waals surface area contributed by atoms with E-state index in [2.05, 4.69) is 11.8 Å². The molecule has 1 aromatic rings. The largest absolute Gasteiger partial charge is 0.496 e. The number of carbonyl (C=O) groups is 1. The Kier molecular flexibility index (Phi) is 4.98. The molecule has 5 nitrogen and oxygen atoms in total. The molecule has 0 amide bonds. The third kappa shape index (κ3) is 3.49. The fourth-order valence-corrected chi connectivity index (χ4v) is 2.45. The average Bonchev–Trinajstić information content (AvgIpc) is 2.47. The minimum atomic E-state index is -0.915. The zero-order valence-corrected chi connectivity index (χ0v) is 12.0. The Hall–Kier alpha value is -1.59. The van der Waals surface area contributed by atoms with Gasteiger partial charge in [-0.05, 0) is 24.6 Å². The van der Waals surface area contributed by atoms with E-state index in [1.54, 1.807) is 25.3 Å². The first kappa shape index (κ1) is 14.8. The third-order valence-electron chi connectivity index (χ3n) is 3.60. The van der Waals surface area contributed by atoms with Crippen LogP contribution < -0.4 is 4.74 Å². The minimum absolute atomic E-state index is 0.261. The number of carboxylic acid groups (broad SMARTS) is 1. The molecule has 20 heavy (non-hydrogen) atoms. The van der Waals surface area contributed by atoms with E-state index in [0.717, 1.165) is 37.4 Å². The van der Waals surface area contributed by atoms with E-state index in [1.807, 2.05) is 0 Å². The third-order valence-corrected chi connectivity index (χ3v) is 3.60. The van der Waals surface area contributed by atoms with E-state index in [0.29, 0.717) is 12.1 Å². The number of ether oxygens (including phenoxy) is 2. The van der Waals surface area contributed by atoms with Gasteiger partial charge in [-0.2, -0.15) is 0 Å². The zero-order chi connectivity index (χ0) is 14.5. The summed E-state index contributed by atoms with van der Waals surface area (Å²) < 4.78 is 11.0. The molecule has 1 aliphatic rings. The number of hydrogen-bond acceptors (Lipinski definition) is 4. The van der Waals surface area contributed by atoms with Crippen molar-refractivity contribution in [1.82, 2.24) is 4.90 Å². The number of morpholine rings is 1. The number of methoxy groups -OCH3 is 1. The Balaban J connectivity index is 2.14. The van der Waals surface area contributed by atoms with Crippen molar-refractivity contribution in [2.45, 2.75) is 26.0 Å². The Morgan fingerprint density at radius 1 is 1.55 bits per heavy atom. The van der Waals surface area contributed by atoms with E-state index in [9.17, 15) is 4.79 Å². The zero-order valence-electron chi connectivity index (χ0n) is 12.0. The summed E-state index contributed by atoms with van der Waals surface area (Å²) in [6.07, 6.45) is 1.25. The second-order valence-electron chi connectivity index (χ2n) is 4.97. The van der Waals surface area contributed by atoms with Gasteiger partial charge in [0.25, 0.3) is 0 Å². The van der Waals surface area contributed by atoms with Crippen LogP contribution in [0.5, 0.6) is 5.75 Å². The number of nitrogens with zero attached hydrogens (tertiary/aromatic N) is 1. The van der Waals surface area contributed by atoms with Crippen LogP contribution >= 0.6 is 0 Å². The van der Waals surface area contributed by atoms with Crippen molar-refractivity contribution >= 4 is 5.97 Å². The molecule has 0 aromatic heterocycles. The molecule has 1 fully saturated rings. The lowest BCUT2D eigenvalue weighted by molar-refractivity contribution is -0.0326. The maximum absolute atomic E-state index is 11.1. The van der Waals surface area contributed by atoms with Crippen LogP contribution in [0.1, 0.15) is 29.3 Å². The highest BCUT2D eigenvalue weighted by atomic mass is 16.5. The molecule has 0 aliphatic carbocycles. The highest BCUT2D eigenvalue weighted by molar-refractivity contribution is 5.88. The molecule has 1 aliphatic heterocycles. The lowest BCUT2D eigenvalue weighted by atomic mass is 10.1. The maximum atomic E-state index is 11.1. The molecule has 1 N–H and O–H groups in total. The molecule has 110 valence electrons. The van der Waals surface area contributed by atoms with E-state index in [4.69, 9.17) is 14.6 Å². The summed E-state index contributed by atoms with van der Waals surface area (Å²) in [5.74, 6) is -0.183. The highest BCUT2D eigenvalue weighted by Crippen LogP contribution is 2.23. The summed E-state index contributed by atoms with van der Waals surface area (Å²) in [6.45, 7) is 5.25. The molecule has 0 bridgehead atoms. The van der Waals surface area contributed by atoms with Gasteiger partial charge >= 0.3 is 5.97 Å². The predicted molar refractivity (Wildman–Crippen MR) is 75.3 cm³/mol. The molecule has 1 aromatic carbocycles. The van der Waals surface area contributed by atoms with Gasteiger partial charge in [-0.3, -0.25) is 4.90 Å². The maximum Gasteiger partial charge on any atom is 0.335 e. The van der Waals surface area contributed by atoms with Crippen molar-refractivity contribution in [2.24, 2.45) is 0 Å². The summed E-state index contributed by atoms with van der Waals surface area (Å²) in [4.78, 5) is 13.3. The summed E-state index contributed by atoms with van der Waals surface area (Å²) in [5, 5.41) is 9.08. The summed E-state index contributed by atoms with van der Waals surface area (Å²) in [7, 11) is 1.60. The van der Waals surface area contributed by atoms with Gasteiger partial charge in [0.1, 0.15) is 5.75 Å². The molecule has 5 heteroatoms. The molecule has 2 rings (SSSR count). The van der Waals surface area contributed by atoms with Gasteiger partial charge in [0, 0.05) is 25.2 Å². The first-order valence-electron chi connectivity index (χ1n) is 6.88. The van der Waals surface area contributed by atoms with Gasteiger partial charge < -0.3 is 14.6 Å². The predicted octanol–water partition coefficient (Wildman–Crippen LogP) is 2.00. The van der Waals surface area contributed by atoms with Crippen LogP contribution in [-0.4, -0.2) is 48.9 Å². The van der Waals surface area contributed by atoms with Gasteiger partial charge in [0.15, 0.2) is 0 Å². The van der Waals surface area contributed by atoms with Crippen molar-refractivity contribution in [1.29, 1.82) is 0 Å². The van der Waals surface area contributed by atoms with Crippen LogP contribution in [0.15, 0.2) is 18.2 Å². The summed E-state index contributed by atoms with van der Waals surface area (Å²) in [6, 6.07) is 4.98. The van der Waals surface area contributed by atoms with Crippen molar-refractivity contribution in [3.8, 4) is 5.75 Å². The normalized spacial score (nSPS) is 19.8. The van der Waals surface area contributed by atoms with Crippen LogP contribution in [0.25, 0.3) is 0 Å². The van der Waals surface area contributed by atoms with Crippen LogP contribution in [-0.2, 0) is 11.3 Å². The van der Waals surface area contributed by atoms with Gasteiger partial charge in [0.05, 0.1) is 25.4 Å². The summed E-state index contributed by atoms with van der Waals surface area (Å²) >= 11 is 0. The van der Waals surface area contributed by atoms with E-state index >= 15 is 0 Å². The van der Waals surface area contributed by atoms with Crippen LogP contribution in [0.4, 0.5) is 0 Å². The van der Waals surface area contributed by atoms with E-state index in [1.165, 1.54) is 0 Å². The Labute approximate surface area is 119 Å². The lowest BCUT2D eigenvalue weighted by Crippen LogP contribution is -2.41. The number of carboxylic acids is 1. The smallest absolute Gasteiger partial charge is 0.335 e. The van der Waals surface area contributed by atoms with Crippen molar-refractivity contribution in [2.75, 3.05) is 26.8 Å². The first-order valence-corrected chi connectivity index (χ1v) is 6.88.